The summed E-state index contributed by atoms with van der Waals surface area (Å²) in [7, 11) is 0. The minimum atomic E-state index is 0.314. The number of hydrogen-bond acceptors (Lipinski definition) is 4. The number of rotatable bonds is 3. The summed E-state index contributed by atoms with van der Waals surface area (Å²) >= 11 is 0. The van der Waals surface area contributed by atoms with E-state index in [1.807, 2.05) is 12.1 Å². The molecule has 2 heterocycles. The number of aromatic nitrogens is 1. The lowest BCUT2D eigenvalue weighted by Gasteiger charge is -2.02. The Balaban J connectivity index is 2.02. The van der Waals surface area contributed by atoms with Crippen molar-refractivity contribution in [2.24, 2.45) is 0 Å². The fourth-order valence-corrected chi connectivity index (χ4v) is 1.10. The Bertz CT molecular complexity index is 472. The molecule has 0 saturated carbocycles. The first-order valence-electron chi connectivity index (χ1n) is 4.41. The van der Waals surface area contributed by atoms with Crippen LogP contribution in [0.3, 0.4) is 0 Å². The lowest BCUT2D eigenvalue weighted by molar-refractivity contribution is 0.260. The molecule has 0 fully saturated rings. The van der Waals surface area contributed by atoms with Gasteiger partial charge in [-0.05, 0) is 18.2 Å². The van der Waals surface area contributed by atoms with E-state index in [-0.39, 0.29) is 0 Å². The van der Waals surface area contributed by atoms with Crippen LogP contribution in [-0.2, 0) is 6.61 Å². The van der Waals surface area contributed by atoms with E-state index in [9.17, 15) is 0 Å². The summed E-state index contributed by atoms with van der Waals surface area (Å²) in [5.41, 5.74) is 0.340. The fourth-order valence-electron chi connectivity index (χ4n) is 1.10. The molecular weight excluding hydrogens is 192 g/mol. The van der Waals surface area contributed by atoms with Gasteiger partial charge in [0.15, 0.2) is 0 Å². The van der Waals surface area contributed by atoms with Crippen LogP contribution in [0, 0.1) is 11.3 Å². The zero-order chi connectivity index (χ0) is 10.5. The minimum Gasteiger partial charge on any atom is -0.469 e. The molecule has 0 radical (unpaired) electrons. The van der Waals surface area contributed by atoms with Crippen molar-refractivity contribution >= 4 is 0 Å². The highest BCUT2D eigenvalue weighted by molar-refractivity contribution is 5.24. The van der Waals surface area contributed by atoms with E-state index in [2.05, 4.69) is 4.98 Å². The van der Waals surface area contributed by atoms with Crippen LogP contribution in [0.15, 0.2) is 41.0 Å². The molecule has 0 spiro atoms. The summed E-state index contributed by atoms with van der Waals surface area (Å²) in [6.07, 6.45) is 1.58. The minimum absolute atomic E-state index is 0.314. The van der Waals surface area contributed by atoms with Gasteiger partial charge in [-0.2, -0.15) is 5.26 Å². The second-order valence-corrected chi connectivity index (χ2v) is 2.84. The van der Waals surface area contributed by atoms with Gasteiger partial charge in [-0.1, -0.05) is 6.07 Å². The van der Waals surface area contributed by atoms with Gasteiger partial charge in [-0.25, -0.2) is 4.98 Å². The Hall–Kier alpha value is -2.28. The molecule has 0 atom stereocenters. The quantitative estimate of drug-likeness (QED) is 0.761. The van der Waals surface area contributed by atoms with Crippen molar-refractivity contribution in [3.05, 3.63) is 48.0 Å². The van der Waals surface area contributed by atoms with E-state index in [1.54, 1.807) is 30.5 Å². The molecule has 0 aliphatic rings. The van der Waals surface area contributed by atoms with Crippen LogP contribution >= 0.6 is 0 Å². The molecule has 0 unspecified atom stereocenters. The number of furan rings is 1. The fraction of sp³-hybridized carbons (Fsp3) is 0.0909. The summed E-state index contributed by atoms with van der Waals surface area (Å²) < 4.78 is 10.4. The van der Waals surface area contributed by atoms with Crippen LogP contribution in [0.1, 0.15) is 11.5 Å². The maximum atomic E-state index is 8.63. The largest absolute Gasteiger partial charge is 0.469 e. The first-order chi connectivity index (χ1) is 7.38. The number of hydrogen-bond donors (Lipinski definition) is 0. The normalized spacial score (nSPS) is 9.53. The van der Waals surface area contributed by atoms with Crippen molar-refractivity contribution in [2.75, 3.05) is 0 Å². The van der Waals surface area contributed by atoms with E-state index in [1.165, 1.54) is 0 Å². The summed E-state index contributed by atoms with van der Waals surface area (Å²) in [6, 6.07) is 10.6. The topological polar surface area (TPSA) is 59.0 Å². The van der Waals surface area contributed by atoms with E-state index in [4.69, 9.17) is 14.4 Å². The number of nitriles is 1. The second kappa shape index (κ2) is 4.29. The summed E-state index contributed by atoms with van der Waals surface area (Å²) in [5, 5.41) is 8.63. The Labute approximate surface area is 86.7 Å². The Kier molecular flexibility index (Phi) is 2.65. The molecular formula is C11H8N2O2. The third kappa shape index (κ3) is 2.35. The molecule has 74 valence electrons. The molecule has 4 nitrogen and oxygen atoms in total. The molecule has 0 amide bonds. The van der Waals surface area contributed by atoms with Gasteiger partial charge >= 0.3 is 0 Å². The third-order valence-corrected chi connectivity index (χ3v) is 1.78. The van der Waals surface area contributed by atoms with Crippen LogP contribution in [0.5, 0.6) is 5.88 Å². The van der Waals surface area contributed by atoms with Gasteiger partial charge < -0.3 is 9.15 Å². The van der Waals surface area contributed by atoms with Crippen LogP contribution in [-0.4, -0.2) is 4.98 Å². The van der Waals surface area contributed by atoms with Gasteiger partial charge in [0.05, 0.1) is 6.26 Å². The number of pyridine rings is 1. The van der Waals surface area contributed by atoms with Crippen molar-refractivity contribution in [2.45, 2.75) is 6.61 Å². The molecule has 4 heteroatoms. The van der Waals surface area contributed by atoms with E-state index < -0.39 is 0 Å². The van der Waals surface area contributed by atoms with Crippen LogP contribution < -0.4 is 4.74 Å². The number of ether oxygens (including phenoxy) is 1. The highest BCUT2D eigenvalue weighted by Gasteiger charge is 2.00. The van der Waals surface area contributed by atoms with E-state index in [0.717, 1.165) is 5.76 Å². The zero-order valence-corrected chi connectivity index (χ0v) is 7.88. The van der Waals surface area contributed by atoms with Gasteiger partial charge in [0.25, 0.3) is 0 Å². The lowest BCUT2D eigenvalue weighted by atomic mass is 10.4. The predicted octanol–water partition coefficient (Wildman–Crippen LogP) is 2.13. The Morgan fingerprint density at radius 2 is 2.27 bits per heavy atom. The highest BCUT2D eigenvalue weighted by atomic mass is 16.5. The van der Waals surface area contributed by atoms with Gasteiger partial charge in [0, 0.05) is 6.07 Å². The predicted molar refractivity (Wildman–Crippen MR) is 52.0 cm³/mol. The maximum absolute atomic E-state index is 8.63. The lowest BCUT2D eigenvalue weighted by Crippen LogP contribution is -1.96. The molecule has 2 rings (SSSR count). The standard InChI is InChI=1S/C11H8N2O2/c12-7-9-3-1-5-11(13-9)15-8-10-4-2-6-14-10/h1-6H,8H2. The molecule has 0 N–H and O–H groups in total. The van der Waals surface area contributed by atoms with Crippen LogP contribution in [0.2, 0.25) is 0 Å². The average molecular weight is 200 g/mol. The second-order valence-electron chi connectivity index (χ2n) is 2.84. The SMILES string of the molecule is N#Cc1cccc(OCc2ccco2)n1. The molecule has 2 aromatic heterocycles. The maximum Gasteiger partial charge on any atom is 0.214 e. The van der Waals surface area contributed by atoms with Gasteiger partial charge in [0.1, 0.15) is 24.1 Å². The monoisotopic (exact) mass is 200 g/mol. The number of nitrogens with zero attached hydrogens (tertiary/aromatic N) is 2. The van der Waals surface area contributed by atoms with Crippen molar-refractivity contribution in [1.29, 1.82) is 5.26 Å². The van der Waals surface area contributed by atoms with Gasteiger partial charge in [-0.3, -0.25) is 0 Å². The molecule has 0 aliphatic heterocycles. The Morgan fingerprint density at radius 1 is 1.33 bits per heavy atom. The van der Waals surface area contributed by atoms with Crippen LogP contribution in [0.25, 0.3) is 0 Å². The molecule has 0 aromatic carbocycles. The highest BCUT2D eigenvalue weighted by Crippen LogP contribution is 2.10. The first kappa shape index (κ1) is 9.28. The van der Waals surface area contributed by atoms with Gasteiger partial charge in [0.2, 0.25) is 5.88 Å². The Morgan fingerprint density at radius 3 is 3.00 bits per heavy atom. The van der Waals surface area contributed by atoms with Crippen molar-refractivity contribution < 1.29 is 9.15 Å². The van der Waals surface area contributed by atoms with Gasteiger partial charge in [-0.15, -0.1) is 0 Å². The summed E-state index contributed by atoms with van der Waals surface area (Å²) in [5.74, 6) is 1.14. The van der Waals surface area contributed by atoms with Crippen molar-refractivity contribution in [1.82, 2.24) is 4.98 Å². The third-order valence-electron chi connectivity index (χ3n) is 1.78. The van der Waals surface area contributed by atoms with Crippen molar-refractivity contribution in [3.8, 4) is 11.9 Å². The first-order valence-corrected chi connectivity index (χ1v) is 4.41. The average Bonchev–Trinajstić information content (AvgIpc) is 2.79. The van der Waals surface area contributed by atoms with Crippen LogP contribution in [0.4, 0.5) is 0 Å². The van der Waals surface area contributed by atoms with E-state index >= 15 is 0 Å². The molecule has 0 bridgehead atoms. The van der Waals surface area contributed by atoms with E-state index in [0.29, 0.717) is 18.2 Å². The smallest absolute Gasteiger partial charge is 0.214 e. The summed E-state index contributed by atoms with van der Waals surface area (Å²) in [6.45, 7) is 0.314. The molecule has 15 heavy (non-hydrogen) atoms. The van der Waals surface area contributed by atoms with Crippen molar-refractivity contribution in [3.63, 3.8) is 0 Å². The summed E-state index contributed by atoms with van der Waals surface area (Å²) in [4.78, 5) is 3.97. The molecule has 0 saturated heterocycles. The molecule has 0 aliphatic carbocycles. The molecule has 2 aromatic rings. The zero-order valence-electron chi connectivity index (χ0n) is 7.88.